The van der Waals surface area contributed by atoms with Crippen LogP contribution in [0.5, 0.6) is 0 Å². The van der Waals surface area contributed by atoms with Crippen molar-refractivity contribution in [3.8, 4) is 11.1 Å². The van der Waals surface area contributed by atoms with Gasteiger partial charge >= 0.3 is 0 Å². The number of carbonyl (C=O) groups is 2. The molecule has 2 heterocycles. The second-order valence-corrected chi connectivity index (χ2v) is 7.84. The van der Waals surface area contributed by atoms with Crippen LogP contribution in [0.2, 0.25) is 0 Å². The smallest absolute Gasteiger partial charge is 0.227 e. The molecule has 0 aliphatic carbocycles. The zero-order chi connectivity index (χ0) is 20.1. The third-order valence-electron chi connectivity index (χ3n) is 4.73. The average Bonchev–Trinajstić information content (AvgIpc) is 2.78. The van der Waals surface area contributed by atoms with Gasteiger partial charge in [0, 0.05) is 41.8 Å². The van der Waals surface area contributed by atoms with Crippen molar-refractivity contribution in [3.05, 3.63) is 72.9 Å². The first kappa shape index (κ1) is 19.2. The molecule has 0 saturated carbocycles. The topological polar surface area (TPSA) is 62.3 Å². The summed E-state index contributed by atoms with van der Waals surface area (Å²) in [6.07, 6.45) is 2.04. The van der Waals surface area contributed by atoms with E-state index in [4.69, 9.17) is 0 Å². The Morgan fingerprint density at radius 1 is 0.931 bits per heavy atom. The Morgan fingerprint density at radius 3 is 2.52 bits per heavy atom. The molecule has 0 spiro atoms. The maximum Gasteiger partial charge on any atom is 0.227 e. The minimum atomic E-state index is -0.210. The van der Waals surface area contributed by atoms with Crippen molar-refractivity contribution < 1.29 is 9.59 Å². The van der Waals surface area contributed by atoms with Gasteiger partial charge in [-0.1, -0.05) is 42.5 Å². The quantitative estimate of drug-likeness (QED) is 0.676. The molecule has 0 atom stereocenters. The minimum Gasteiger partial charge on any atom is -0.311 e. The van der Waals surface area contributed by atoms with Gasteiger partial charge < -0.3 is 10.2 Å². The molecule has 1 aliphatic rings. The van der Waals surface area contributed by atoms with Crippen LogP contribution < -0.4 is 10.2 Å². The van der Waals surface area contributed by atoms with Crippen LogP contribution in [-0.4, -0.2) is 29.1 Å². The Balaban J connectivity index is 1.32. The Labute approximate surface area is 174 Å². The number of fused-ring (bicyclic) bond motifs is 1. The molecule has 4 rings (SSSR count). The molecule has 1 N–H and O–H groups in total. The van der Waals surface area contributed by atoms with Gasteiger partial charge in [0.15, 0.2) is 0 Å². The van der Waals surface area contributed by atoms with E-state index in [1.807, 2.05) is 60.7 Å². The van der Waals surface area contributed by atoms with Gasteiger partial charge in [0.1, 0.15) is 5.82 Å². The molecule has 1 aliphatic heterocycles. The number of thioether (sulfide) groups is 1. The summed E-state index contributed by atoms with van der Waals surface area (Å²) in [6, 6.07) is 21.5. The summed E-state index contributed by atoms with van der Waals surface area (Å²) in [5.74, 6) is 1.12. The lowest BCUT2D eigenvalue weighted by Crippen LogP contribution is -2.35. The highest BCUT2D eigenvalue weighted by Crippen LogP contribution is 2.34. The largest absolute Gasteiger partial charge is 0.311 e. The minimum absolute atomic E-state index is 0.0275. The van der Waals surface area contributed by atoms with E-state index in [1.165, 1.54) is 0 Å². The summed E-state index contributed by atoms with van der Waals surface area (Å²) in [6.45, 7) is 0.671. The van der Waals surface area contributed by atoms with E-state index in [0.29, 0.717) is 12.4 Å². The maximum absolute atomic E-state index is 12.6. The fraction of sp³-hybridized carbons (Fsp3) is 0.174. The van der Waals surface area contributed by atoms with Crippen molar-refractivity contribution in [1.82, 2.24) is 4.98 Å². The third-order valence-corrected chi connectivity index (χ3v) is 5.78. The number of nitrogens with zero attached hydrogens (tertiary/aromatic N) is 2. The molecule has 2 amide bonds. The molecule has 6 heteroatoms. The average molecular weight is 404 g/mol. The zero-order valence-electron chi connectivity index (χ0n) is 15.9. The molecular formula is C23H21N3O2S. The number of amides is 2. The van der Waals surface area contributed by atoms with E-state index >= 15 is 0 Å². The predicted molar refractivity (Wildman–Crippen MR) is 117 cm³/mol. The van der Waals surface area contributed by atoms with Crippen molar-refractivity contribution in [3.63, 3.8) is 0 Å². The van der Waals surface area contributed by atoms with Crippen LogP contribution in [0.25, 0.3) is 11.1 Å². The molecule has 146 valence electrons. The van der Waals surface area contributed by atoms with Crippen molar-refractivity contribution in [2.75, 3.05) is 22.5 Å². The Kier molecular flexibility index (Phi) is 5.91. The highest BCUT2D eigenvalue weighted by molar-refractivity contribution is 7.99. The number of anilines is 2. The molecule has 0 radical (unpaired) electrons. The maximum atomic E-state index is 12.6. The van der Waals surface area contributed by atoms with Crippen LogP contribution in [0.1, 0.15) is 12.8 Å². The first-order valence-electron chi connectivity index (χ1n) is 9.54. The summed E-state index contributed by atoms with van der Waals surface area (Å²) in [5, 5.41) is 2.77. The number of rotatable bonds is 5. The van der Waals surface area contributed by atoms with E-state index < -0.39 is 0 Å². The summed E-state index contributed by atoms with van der Waals surface area (Å²) in [7, 11) is 0. The molecule has 3 aromatic rings. The second kappa shape index (κ2) is 8.92. The van der Waals surface area contributed by atoms with Crippen LogP contribution in [0.4, 0.5) is 11.5 Å². The van der Waals surface area contributed by atoms with E-state index in [9.17, 15) is 9.59 Å². The van der Waals surface area contributed by atoms with Crippen LogP contribution in [0.15, 0.2) is 77.8 Å². The third kappa shape index (κ3) is 4.66. The van der Waals surface area contributed by atoms with Crippen LogP contribution in [-0.2, 0) is 9.59 Å². The van der Waals surface area contributed by atoms with Gasteiger partial charge in [0.05, 0.1) is 5.69 Å². The SMILES string of the molecule is O=C(CCC(=O)N1CCSc2ccccc21)Nc1ccc(-c2ccccc2)cn1. The fourth-order valence-electron chi connectivity index (χ4n) is 3.26. The molecule has 29 heavy (non-hydrogen) atoms. The monoisotopic (exact) mass is 403 g/mol. The van der Waals surface area contributed by atoms with Crippen molar-refractivity contribution in [2.45, 2.75) is 17.7 Å². The lowest BCUT2D eigenvalue weighted by molar-refractivity contribution is -0.122. The summed E-state index contributed by atoms with van der Waals surface area (Å²) in [5.41, 5.74) is 3.00. The number of nitrogens with one attached hydrogen (secondary N) is 1. The molecule has 1 aromatic heterocycles. The number of hydrogen-bond donors (Lipinski definition) is 1. The number of hydrogen-bond acceptors (Lipinski definition) is 4. The summed E-state index contributed by atoms with van der Waals surface area (Å²) >= 11 is 1.75. The molecule has 0 unspecified atom stereocenters. The number of pyridine rings is 1. The van der Waals surface area contributed by atoms with Crippen LogP contribution >= 0.6 is 11.8 Å². The number of carbonyl (C=O) groups excluding carboxylic acids is 2. The normalized spacial score (nSPS) is 12.9. The van der Waals surface area contributed by atoms with Gasteiger partial charge in [0.25, 0.3) is 0 Å². The Bertz CT molecular complexity index is 1010. The number of para-hydroxylation sites is 1. The summed E-state index contributed by atoms with van der Waals surface area (Å²) in [4.78, 5) is 32.1. The Morgan fingerprint density at radius 2 is 1.72 bits per heavy atom. The van der Waals surface area contributed by atoms with Gasteiger partial charge in [-0.05, 0) is 29.8 Å². The number of benzene rings is 2. The highest BCUT2D eigenvalue weighted by atomic mass is 32.2. The Hall–Kier alpha value is -3.12. The van der Waals surface area contributed by atoms with Gasteiger partial charge in [-0.3, -0.25) is 9.59 Å². The predicted octanol–water partition coefficient (Wildman–Crippen LogP) is 4.61. The first-order valence-corrected chi connectivity index (χ1v) is 10.5. The van der Waals surface area contributed by atoms with Gasteiger partial charge in [0.2, 0.25) is 11.8 Å². The van der Waals surface area contributed by atoms with Crippen LogP contribution in [0.3, 0.4) is 0 Å². The fourth-order valence-corrected chi connectivity index (χ4v) is 4.25. The van der Waals surface area contributed by atoms with Gasteiger partial charge in [-0.15, -0.1) is 11.8 Å². The van der Waals surface area contributed by atoms with Crippen molar-refractivity contribution in [1.29, 1.82) is 0 Å². The zero-order valence-corrected chi connectivity index (χ0v) is 16.7. The van der Waals surface area contributed by atoms with E-state index in [0.717, 1.165) is 27.5 Å². The van der Waals surface area contributed by atoms with E-state index in [-0.39, 0.29) is 24.7 Å². The van der Waals surface area contributed by atoms with Crippen molar-refractivity contribution >= 4 is 35.1 Å². The van der Waals surface area contributed by atoms with E-state index in [1.54, 1.807) is 28.9 Å². The lowest BCUT2D eigenvalue weighted by atomic mass is 10.1. The number of aromatic nitrogens is 1. The van der Waals surface area contributed by atoms with Crippen LogP contribution in [0, 0.1) is 0 Å². The van der Waals surface area contributed by atoms with E-state index in [2.05, 4.69) is 10.3 Å². The molecule has 0 saturated heterocycles. The molecule has 2 aromatic carbocycles. The highest BCUT2D eigenvalue weighted by Gasteiger charge is 2.22. The first-order chi connectivity index (χ1) is 14.2. The van der Waals surface area contributed by atoms with Gasteiger partial charge in [-0.2, -0.15) is 0 Å². The molecule has 5 nitrogen and oxygen atoms in total. The molecule has 0 fully saturated rings. The second-order valence-electron chi connectivity index (χ2n) is 6.71. The molecule has 0 bridgehead atoms. The molecular weight excluding hydrogens is 382 g/mol. The lowest BCUT2D eigenvalue weighted by Gasteiger charge is -2.29. The summed E-state index contributed by atoms with van der Waals surface area (Å²) < 4.78 is 0. The van der Waals surface area contributed by atoms with Gasteiger partial charge in [-0.25, -0.2) is 4.98 Å². The standard InChI is InChI=1S/C23H21N3O2S/c27-22(25-21-11-10-18(16-24-21)17-6-2-1-3-7-17)12-13-23(28)26-14-15-29-20-9-5-4-8-19(20)26/h1-11,16H,12-15H2,(H,24,25,27). The van der Waals surface area contributed by atoms with Crippen molar-refractivity contribution in [2.24, 2.45) is 0 Å².